The molecule has 1 aliphatic heterocycles. The molecule has 1 N–H and O–H groups in total. The van der Waals surface area contributed by atoms with Crippen LogP contribution in [0.5, 0.6) is 0 Å². The van der Waals surface area contributed by atoms with Crippen LogP contribution in [0.4, 0.5) is 0 Å². The number of hydrogen-bond donors (Lipinski definition) is 1. The number of aryl methyl sites for hydroxylation is 2. The average molecular weight is 263 g/mol. The Bertz CT molecular complexity index is 680. The van der Waals surface area contributed by atoms with E-state index in [0.717, 1.165) is 11.1 Å². The first-order chi connectivity index (χ1) is 9.63. The summed E-state index contributed by atoms with van der Waals surface area (Å²) < 4.78 is 0. The van der Waals surface area contributed by atoms with E-state index in [9.17, 15) is 4.79 Å². The fourth-order valence-electron chi connectivity index (χ4n) is 2.74. The van der Waals surface area contributed by atoms with Crippen LogP contribution in [0, 0.1) is 13.8 Å². The minimum atomic E-state index is -0.0282. The maximum absolute atomic E-state index is 11.9. The fourth-order valence-corrected chi connectivity index (χ4v) is 2.74. The molecule has 0 fully saturated rings. The smallest absolute Gasteiger partial charge is 0.252 e. The van der Waals surface area contributed by atoms with Crippen molar-refractivity contribution in [3.8, 4) is 0 Å². The van der Waals surface area contributed by atoms with Crippen LogP contribution in [0.3, 0.4) is 0 Å². The standard InChI is InChI=1S/C18H17NO/c1-12-9-13(2)11-14(10-12)7-8-17-15-5-3-4-6-16(15)18(20)19-17/h3-11,17H,1-2H3,(H,19,20). The predicted octanol–water partition coefficient (Wildman–Crippen LogP) is 3.80. The third-order valence-corrected chi connectivity index (χ3v) is 3.55. The molecule has 0 saturated carbocycles. The maximum atomic E-state index is 11.9. The number of carbonyl (C=O) groups is 1. The zero-order valence-electron chi connectivity index (χ0n) is 11.7. The predicted molar refractivity (Wildman–Crippen MR) is 81.6 cm³/mol. The molecule has 0 radical (unpaired) electrons. The van der Waals surface area contributed by atoms with Crippen LogP contribution in [0.25, 0.3) is 6.08 Å². The van der Waals surface area contributed by atoms with Crippen LogP contribution in [-0.4, -0.2) is 5.91 Å². The van der Waals surface area contributed by atoms with Gasteiger partial charge in [-0.1, -0.05) is 59.7 Å². The van der Waals surface area contributed by atoms with Gasteiger partial charge in [-0.05, 0) is 31.0 Å². The molecule has 2 nitrogen and oxygen atoms in total. The molecule has 3 rings (SSSR count). The van der Waals surface area contributed by atoms with E-state index in [-0.39, 0.29) is 11.9 Å². The van der Waals surface area contributed by atoms with E-state index in [1.807, 2.05) is 24.3 Å². The molecule has 100 valence electrons. The van der Waals surface area contributed by atoms with Crippen LogP contribution in [0.2, 0.25) is 0 Å². The molecule has 0 saturated heterocycles. The topological polar surface area (TPSA) is 29.1 Å². The summed E-state index contributed by atoms with van der Waals surface area (Å²) in [5, 5.41) is 2.99. The van der Waals surface area contributed by atoms with Crippen molar-refractivity contribution in [2.75, 3.05) is 0 Å². The molecule has 0 spiro atoms. The van der Waals surface area contributed by atoms with Gasteiger partial charge in [0.25, 0.3) is 5.91 Å². The third-order valence-electron chi connectivity index (χ3n) is 3.55. The van der Waals surface area contributed by atoms with Gasteiger partial charge in [-0.25, -0.2) is 0 Å². The Morgan fingerprint density at radius 2 is 1.75 bits per heavy atom. The molecule has 1 unspecified atom stereocenters. The monoisotopic (exact) mass is 263 g/mol. The van der Waals surface area contributed by atoms with Gasteiger partial charge in [-0.3, -0.25) is 4.79 Å². The number of amides is 1. The van der Waals surface area contributed by atoms with E-state index in [2.05, 4.69) is 49.5 Å². The molecule has 0 aromatic heterocycles. The van der Waals surface area contributed by atoms with Gasteiger partial charge in [-0.15, -0.1) is 0 Å². The van der Waals surface area contributed by atoms with Gasteiger partial charge in [0.05, 0.1) is 6.04 Å². The number of fused-ring (bicyclic) bond motifs is 1. The lowest BCUT2D eigenvalue weighted by Crippen LogP contribution is -2.17. The highest BCUT2D eigenvalue weighted by atomic mass is 16.2. The van der Waals surface area contributed by atoms with Crippen LogP contribution in [-0.2, 0) is 0 Å². The Kier molecular flexibility index (Phi) is 3.15. The van der Waals surface area contributed by atoms with Gasteiger partial charge in [0.1, 0.15) is 0 Å². The third kappa shape index (κ3) is 2.37. The number of nitrogens with one attached hydrogen (secondary N) is 1. The van der Waals surface area contributed by atoms with Crippen molar-refractivity contribution >= 4 is 12.0 Å². The lowest BCUT2D eigenvalue weighted by atomic mass is 10.0. The first-order valence-corrected chi connectivity index (χ1v) is 6.80. The van der Waals surface area contributed by atoms with Crippen molar-refractivity contribution < 1.29 is 4.79 Å². The quantitative estimate of drug-likeness (QED) is 0.877. The summed E-state index contributed by atoms with van der Waals surface area (Å²) >= 11 is 0. The van der Waals surface area contributed by atoms with E-state index in [1.54, 1.807) is 0 Å². The van der Waals surface area contributed by atoms with Crippen molar-refractivity contribution in [3.63, 3.8) is 0 Å². The highest BCUT2D eigenvalue weighted by molar-refractivity contribution is 5.99. The second-order valence-corrected chi connectivity index (χ2v) is 5.32. The molecule has 0 bridgehead atoms. The van der Waals surface area contributed by atoms with E-state index >= 15 is 0 Å². The molecule has 0 aliphatic carbocycles. The molecule has 1 amide bonds. The van der Waals surface area contributed by atoms with Gasteiger partial charge in [0.15, 0.2) is 0 Å². The Morgan fingerprint density at radius 3 is 2.50 bits per heavy atom. The van der Waals surface area contributed by atoms with Crippen LogP contribution >= 0.6 is 0 Å². The average Bonchev–Trinajstić information content (AvgIpc) is 2.73. The Labute approximate surface area is 119 Å². The van der Waals surface area contributed by atoms with Crippen LogP contribution in [0.15, 0.2) is 48.5 Å². The summed E-state index contributed by atoms with van der Waals surface area (Å²) in [7, 11) is 0. The van der Waals surface area contributed by atoms with Gasteiger partial charge in [0.2, 0.25) is 0 Å². The van der Waals surface area contributed by atoms with E-state index < -0.39 is 0 Å². The lowest BCUT2D eigenvalue weighted by Gasteiger charge is -2.06. The second-order valence-electron chi connectivity index (χ2n) is 5.32. The van der Waals surface area contributed by atoms with Crippen molar-refractivity contribution in [3.05, 3.63) is 76.4 Å². The van der Waals surface area contributed by atoms with Gasteiger partial charge >= 0.3 is 0 Å². The second kappa shape index (κ2) is 4.97. The van der Waals surface area contributed by atoms with Crippen molar-refractivity contribution in [2.45, 2.75) is 19.9 Å². The summed E-state index contributed by atoms with van der Waals surface area (Å²) in [5.74, 6) is 0.00988. The molecule has 1 heterocycles. The summed E-state index contributed by atoms with van der Waals surface area (Å²) in [5.41, 5.74) is 5.50. The summed E-state index contributed by atoms with van der Waals surface area (Å²) in [4.78, 5) is 11.9. The summed E-state index contributed by atoms with van der Waals surface area (Å²) in [6.07, 6.45) is 4.13. The minimum absolute atomic E-state index is 0.00988. The highest BCUT2D eigenvalue weighted by Gasteiger charge is 2.25. The van der Waals surface area contributed by atoms with Crippen molar-refractivity contribution in [2.24, 2.45) is 0 Å². The van der Waals surface area contributed by atoms with Crippen molar-refractivity contribution in [1.29, 1.82) is 0 Å². The molecule has 1 atom stereocenters. The molecule has 20 heavy (non-hydrogen) atoms. The molecule has 2 aromatic rings. The van der Waals surface area contributed by atoms with Crippen LogP contribution < -0.4 is 5.32 Å². The fraction of sp³-hybridized carbons (Fsp3) is 0.167. The number of rotatable bonds is 2. The van der Waals surface area contributed by atoms with Gasteiger partial charge in [0, 0.05) is 5.56 Å². The number of carbonyl (C=O) groups excluding carboxylic acids is 1. The maximum Gasteiger partial charge on any atom is 0.252 e. The first-order valence-electron chi connectivity index (χ1n) is 6.80. The highest BCUT2D eigenvalue weighted by Crippen LogP contribution is 2.26. The lowest BCUT2D eigenvalue weighted by molar-refractivity contribution is 0.0961. The number of benzene rings is 2. The van der Waals surface area contributed by atoms with Crippen LogP contribution in [0.1, 0.15) is 38.7 Å². The zero-order valence-corrected chi connectivity index (χ0v) is 11.7. The van der Waals surface area contributed by atoms with Crippen molar-refractivity contribution in [1.82, 2.24) is 5.32 Å². The summed E-state index contributed by atoms with van der Waals surface area (Å²) in [6, 6.07) is 14.2. The molecule has 2 heteroatoms. The Hall–Kier alpha value is -2.35. The van der Waals surface area contributed by atoms with Gasteiger partial charge in [-0.2, -0.15) is 0 Å². The zero-order chi connectivity index (χ0) is 14.1. The summed E-state index contributed by atoms with van der Waals surface area (Å²) in [6.45, 7) is 4.19. The molecular weight excluding hydrogens is 246 g/mol. The van der Waals surface area contributed by atoms with E-state index in [0.29, 0.717) is 0 Å². The Morgan fingerprint density at radius 1 is 1.05 bits per heavy atom. The van der Waals surface area contributed by atoms with E-state index in [1.165, 1.54) is 16.7 Å². The Balaban J connectivity index is 1.89. The largest absolute Gasteiger partial charge is 0.342 e. The number of hydrogen-bond acceptors (Lipinski definition) is 1. The molecule has 2 aromatic carbocycles. The molecule has 1 aliphatic rings. The minimum Gasteiger partial charge on any atom is -0.342 e. The SMILES string of the molecule is Cc1cc(C)cc(C=CC2NC(=O)c3ccccc32)c1. The first kappa shape index (κ1) is 12.7. The molecular formula is C18H17NO. The normalized spacial score (nSPS) is 17.3. The van der Waals surface area contributed by atoms with Gasteiger partial charge < -0.3 is 5.32 Å². The van der Waals surface area contributed by atoms with E-state index in [4.69, 9.17) is 0 Å².